The highest BCUT2D eigenvalue weighted by atomic mass is 15.1. The largest absolute Gasteiger partial charge is 0.366 e. The lowest BCUT2D eigenvalue weighted by Crippen LogP contribution is -2.32. The summed E-state index contributed by atoms with van der Waals surface area (Å²) in [6.45, 7) is 6.11. The minimum atomic E-state index is -0.0104. The van der Waals surface area contributed by atoms with Gasteiger partial charge in [0.05, 0.1) is 0 Å². The molecule has 1 N–H and O–H groups in total. The Hall–Kier alpha value is -0.530. The van der Waals surface area contributed by atoms with Gasteiger partial charge in [0.15, 0.2) is 0 Å². The number of hydrogen-bond acceptors (Lipinski definition) is 1. The van der Waals surface area contributed by atoms with Crippen LogP contribution in [-0.4, -0.2) is 24.8 Å². The quantitative estimate of drug-likeness (QED) is 0.409. The van der Waals surface area contributed by atoms with Crippen molar-refractivity contribution in [3.63, 3.8) is 0 Å². The van der Waals surface area contributed by atoms with E-state index in [-0.39, 0.29) is 12.8 Å². The number of hydrogen-bond donors (Lipinski definition) is 1. The minimum Gasteiger partial charge on any atom is -0.366 e. The third kappa shape index (κ3) is 3.49. The molecule has 0 aliphatic rings. The van der Waals surface area contributed by atoms with Crippen LogP contribution in [0.25, 0.3) is 0 Å². The van der Waals surface area contributed by atoms with Crippen molar-refractivity contribution in [2.24, 2.45) is 5.41 Å². The summed E-state index contributed by atoms with van der Waals surface area (Å²) in [5.41, 5.74) is -0.0104. The first kappa shape index (κ1) is 12.2. The summed E-state index contributed by atoms with van der Waals surface area (Å²) >= 11 is 0. The number of rotatable bonds is 0. The van der Waals surface area contributed by atoms with E-state index < -0.39 is 0 Å². The summed E-state index contributed by atoms with van der Waals surface area (Å²) < 4.78 is 0. The van der Waals surface area contributed by atoms with Gasteiger partial charge in [-0.25, -0.2) is 0 Å². The first-order valence-corrected chi connectivity index (χ1v) is 3.12. The highest BCUT2D eigenvalue weighted by molar-refractivity contribution is 5.83. The van der Waals surface area contributed by atoms with Crippen LogP contribution in [-0.2, 0) is 0 Å². The topological polar surface area (TPSA) is 27.1 Å². The van der Waals surface area contributed by atoms with Crippen LogP contribution >= 0.6 is 0 Å². The normalized spacial score (nSPS) is 10.1. The summed E-state index contributed by atoms with van der Waals surface area (Å²) in [5, 5.41) is 7.52. The van der Waals surface area contributed by atoms with Gasteiger partial charge in [-0.2, -0.15) is 0 Å². The Labute approximate surface area is 64.7 Å². The molecular formula is C8H20N2. The van der Waals surface area contributed by atoms with E-state index in [0.29, 0.717) is 5.84 Å². The highest BCUT2D eigenvalue weighted by Crippen LogP contribution is 2.15. The molecule has 0 aliphatic heterocycles. The standard InChI is InChI=1S/C7H16N2.CH4/c1-7(2,3)6(8)9(4)5;/h8H,1-5H3;1H4. The van der Waals surface area contributed by atoms with Crippen molar-refractivity contribution >= 4 is 5.84 Å². The third-order valence-corrected chi connectivity index (χ3v) is 1.16. The molecule has 0 aromatic rings. The lowest BCUT2D eigenvalue weighted by molar-refractivity contribution is 0.476. The molecule has 0 aromatic carbocycles. The molecule has 0 unspecified atom stereocenters. The Bertz CT molecular complexity index is 109. The monoisotopic (exact) mass is 144 g/mol. The van der Waals surface area contributed by atoms with E-state index in [1.165, 1.54) is 0 Å². The molecule has 0 bridgehead atoms. The van der Waals surface area contributed by atoms with Crippen LogP contribution in [0.1, 0.15) is 28.2 Å². The second-order valence-electron chi connectivity index (χ2n) is 3.49. The average molecular weight is 144 g/mol. The van der Waals surface area contributed by atoms with Crippen LogP contribution in [0.2, 0.25) is 0 Å². The van der Waals surface area contributed by atoms with Gasteiger partial charge in [-0.1, -0.05) is 28.2 Å². The highest BCUT2D eigenvalue weighted by Gasteiger charge is 2.17. The maximum absolute atomic E-state index is 7.52. The summed E-state index contributed by atoms with van der Waals surface area (Å²) in [6.07, 6.45) is 0. The van der Waals surface area contributed by atoms with Crippen molar-refractivity contribution in [1.82, 2.24) is 4.90 Å². The number of nitrogens with one attached hydrogen (secondary N) is 1. The Kier molecular flexibility index (Phi) is 4.37. The first-order chi connectivity index (χ1) is 3.85. The average Bonchev–Trinajstić information content (AvgIpc) is 1.62. The molecule has 0 fully saturated rings. The molecule has 10 heavy (non-hydrogen) atoms. The maximum atomic E-state index is 7.52. The second-order valence-corrected chi connectivity index (χ2v) is 3.49. The van der Waals surface area contributed by atoms with Crippen molar-refractivity contribution in [2.45, 2.75) is 28.2 Å². The van der Waals surface area contributed by atoms with Gasteiger partial charge in [-0.05, 0) is 0 Å². The van der Waals surface area contributed by atoms with Gasteiger partial charge in [0.2, 0.25) is 0 Å². The van der Waals surface area contributed by atoms with Gasteiger partial charge >= 0.3 is 0 Å². The lowest BCUT2D eigenvalue weighted by Gasteiger charge is -2.25. The molecule has 0 amide bonds. The van der Waals surface area contributed by atoms with Crippen molar-refractivity contribution in [2.75, 3.05) is 14.1 Å². The molecule has 0 heterocycles. The zero-order valence-corrected chi connectivity index (χ0v) is 6.95. The van der Waals surface area contributed by atoms with Crippen LogP contribution in [0.15, 0.2) is 0 Å². The molecule has 62 valence electrons. The molecule has 0 radical (unpaired) electrons. The fourth-order valence-electron chi connectivity index (χ4n) is 0.671. The van der Waals surface area contributed by atoms with Crippen LogP contribution in [0.5, 0.6) is 0 Å². The van der Waals surface area contributed by atoms with E-state index in [1.54, 1.807) is 0 Å². The Morgan fingerprint density at radius 2 is 1.50 bits per heavy atom. The maximum Gasteiger partial charge on any atom is 0.101 e. The second kappa shape index (κ2) is 3.59. The van der Waals surface area contributed by atoms with Crippen LogP contribution in [0.4, 0.5) is 0 Å². The molecule has 0 spiro atoms. The summed E-state index contributed by atoms with van der Waals surface area (Å²) in [5.74, 6) is 0.669. The van der Waals surface area contributed by atoms with Crippen molar-refractivity contribution in [3.05, 3.63) is 0 Å². The van der Waals surface area contributed by atoms with Gasteiger partial charge in [0.25, 0.3) is 0 Å². The molecule has 0 aliphatic carbocycles. The van der Waals surface area contributed by atoms with Crippen LogP contribution < -0.4 is 0 Å². The zero-order chi connectivity index (χ0) is 7.65. The SMILES string of the molecule is C.CN(C)C(=N)C(C)(C)C. The Balaban J connectivity index is 0. The smallest absolute Gasteiger partial charge is 0.101 e. The zero-order valence-electron chi connectivity index (χ0n) is 6.95. The number of nitrogens with zero attached hydrogens (tertiary/aromatic N) is 1. The van der Waals surface area contributed by atoms with Crippen molar-refractivity contribution in [3.8, 4) is 0 Å². The summed E-state index contributed by atoms with van der Waals surface area (Å²) in [6, 6.07) is 0. The van der Waals surface area contributed by atoms with Gasteiger partial charge in [-0.3, -0.25) is 5.41 Å². The predicted molar refractivity (Wildman–Crippen MR) is 47.6 cm³/mol. The molecule has 0 saturated heterocycles. The molecule has 2 heteroatoms. The van der Waals surface area contributed by atoms with E-state index in [9.17, 15) is 0 Å². The van der Waals surface area contributed by atoms with Crippen LogP contribution in [0.3, 0.4) is 0 Å². The van der Waals surface area contributed by atoms with Gasteiger partial charge < -0.3 is 4.90 Å². The van der Waals surface area contributed by atoms with E-state index in [4.69, 9.17) is 5.41 Å². The fourth-order valence-corrected chi connectivity index (χ4v) is 0.671. The van der Waals surface area contributed by atoms with E-state index in [0.717, 1.165) is 0 Å². The van der Waals surface area contributed by atoms with E-state index in [1.807, 2.05) is 39.8 Å². The Morgan fingerprint density at radius 3 is 1.50 bits per heavy atom. The molecule has 0 rings (SSSR count). The molecular weight excluding hydrogens is 124 g/mol. The van der Waals surface area contributed by atoms with E-state index >= 15 is 0 Å². The Morgan fingerprint density at radius 1 is 1.20 bits per heavy atom. The fraction of sp³-hybridized carbons (Fsp3) is 0.875. The lowest BCUT2D eigenvalue weighted by atomic mass is 9.94. The van der Waals surface area contributed by atoms with Crippen molar-refractivity contribution < 1.29 is 0 Å². The predicted octanol–water partition coefficient (Wildman–Crippen LogP) is 2.21. The summed E-state index contributed by atoms with van der Waals surface area (Å²) in [7, 11) is 3.79. The molecule has 2 nitrogen and oxygen atoms in total. The third-order valence-electron chi connectivity index (χ3n) is 1.16. The van der Waals surface area contributed by atoms with Gasteiger partial charge in [0, 0.05) is 19.5 Å². The van der Waals surface area contributed by atoms with Gasteiger partial charge in [0.1, 0.15) is 5.84 Å². The summed E-state index contributed by atoms with van der Waals surface area (Å²) in [4.78, 5) is 1.83. The van der Waals surface area contributed by atoms with Crippen molar-refractivity contribution in [1.29, 1.82) is 5.41 Å². The molecule has 0 aromatic heterocycles. The van der Waals surface area contributed by atoms with E-state index in [2.05, 4.69) is 0 Å². The molecule has 0 atom stereocenters. The van der Waals surface area contributed by atoms with Gasteiger partial charge in [-0.15, -0.1) is 0 Å². The minimum absolute atomic E-state index is 0. The molecule has 0 saturated carbocycles. The first-order valence-electron chi connectivity index (χ1n) is 3.12. The van der Waals surface area contributed by atoms with Crippen LogP contribution in [0, 0.1) is 10.8 Å². The number of amidine groups is 1.